The van der Waals surface area contributed by atoms with Gasteiger partial charge in [0.1, 0.15) is 0 Å². The van der Waals surface area contributed by atoms with Gasteiger partial charge in [-0.05, 0) is 36.6 Å². The number of thioether (sulfide) groups is 1. The summed E-state index contributed by atoms with van der Waals surface area (Å²) < 4.78 is 0. The lowest BCUT2D eigenvalue weighted by atomic mass is 10.0. The average Bonchev–Trinajstić information content (AvgIpc) is 2.83. The monoisotopic (exact) mass is 448 g/mol. The van der Waals surface area contributed by atoms with Crippen LogP contribution in [-0.4, -0.2) is 33.1 Å². The number of anilines is 1. The third-order valence-corrected chi connectivity index (χ3v) is 6.77. The highest BCUT2D eigenvalue weighted by Gasteiger charge is 2.25. The quantitative estimate of drug-likeness (QED) is 0.419. The molecule has 166 valence electrons. The second kappa shape index (κ2) is 10.1. The van der Waals surface area contributed by atoms with E-state index in [4.69, 9.17) is 0 Å². The van der Waals surface area contributed by atoms with Crippen molar-refractivity contribution in [1.82, 2.24) is 14.9 Å². The van der Waals surface area contributed by atoms with Gasteiger partial charge in [-0.1, -0.05) is 61.2 Å². The van der Waals surface area contributed by atoms with Crippen molar-refractivity contribution >= 4 is 23.4 Å². The Morgan fingerprint density at radius 3 is 2.66 bits per heavy atom. The number of carbonyl (C=O) groups is 1. The van der Waals surface area contributed by atoms with E-state index in [-0.39, 0.29) is 23.3 Å². The largest absolute Gasteiger partial charge is 0.325 e. The van der Waals surface area contributed by atoms with E-state index >= 15 is 0 Å². The van der Waals surface area contributed by atoms with Gasteiger partial charge in [0, 0.05) is 31.2 Å². The fraction of sp³-hybridized carbons (Fsp3) is 0.320. The van der Waals surface area contributed by atoms with Gasteiger partial charge in [-0.15, -0.1) is 0 Å². The van der Waals surface area contributed by atoms with Crippen LogP contribution in [0.3, 0.4) is 0 Å². The minimum Gasteiger partial charge on any atom is -0.325 e. The number of hydrogen-bond acceptors (Lipinski definition) is 5. The van der Waals surface area contributed by atoms with Crippen LogP contribution in [-0.2, 0) is 24.2 Å². The fourth-order valence-corrected chi connectivity index (χ4v) is 4.60. The Labute approximate surface area is 192 Å². The van der Waals surface area contributed by atoms with Crippen molar-refractivity contribution in [3.05, 3.63) is 87.3 Å². The summed E-state index contributed by atoms with van der Waals surface area (Å²) in [6.45, 7) is 5.68. The van der Waals surface area contributed by atoms with E-state index in [2.05, 4.69) is 46.2 Å². The molecule has 1 aliphatic rings. The summed E-state index contributed by atoms with van der Waals surface area (Å²) in [7, 11) is 0. The zero-order chi connectivity index (χ0) is 22.5. The van der Waals surface area contributed by atoms with Crippen LogP contribution in [0.4, 0.5) is 5.69 Å². The predicted octanol–water partition coefficient (Wildman–Crippen LogP) is 4.18. The highest BCUT2D eigenvalue weighted by atomic mass is 32.2. The molecule has 3 aromatic rings. The van der Waals surface area contributed by atoms with Crippen LogP contribution in [0.2, 0.25) is 0 Å². The van der Waals surface area contributed by atoms with Crippen LogP contribution in [0.1, 0.15) is 42.3 Å². The molecule has 1 aliphatic heterocycles. The zero-order valence-electron chi connectivity index (χ0n) is 18.4. The minimum atomic E-state index is -0.123. The van der Waals surface area contributed by atoms with Gasteiger partial charge in [-0.25, -0.2) is 4.98 Å². The molecule has 32 heavy (non-hydrogen) atoms. The van der Waals surface area contributed by atoms with Crippen molar-refractivity contribution in [2.45, 2.75) is 44.4 Å². The average molecular weight is 449 g/mol. The molecule has 0 aliphatic carbocycles. The van der Waals surface area contributed by atoms with E-state index in [1.54, 1.807) is 0 Å². The highest BCUT2D eigenvalue weighted by Crippen LogP contribution is 2.26. The maximum atomic E-state index is 12.7. The van der Waals surface area contributed by atoms with Crippen LogP contribution >= 0.6 is 11.8 Å². The van der Waals surface area contributed by atoms with Crippen molar-refractivity contribution in [3.8, 4) is 0 Å². The maximum Gasteiger partial charge on any atom is 0.256 e. The normalized spacial score (nSPS) is 14.6. The SMILES string of the molecule is CCc1ccc(NC(=O)CSc2nc3c(c(=O)[nH]2)CN([C@H](C)c2ccccc2)CC3)cc1. The summed E-state index contributed by atoms with van der Waals surface area (Å²) in [6.07, 6.45) is 1.68. The highest BCUT2D eigenvalue weighted by molar-refractivity contribution is 7.99. The van der Waals surface area contributed by atoms with E-state index in [1.807, 2.05) is 42.5 Å². The fourth-order valence-electron chi connectivity index (χ4n) is 3.92. The number of hydrogen-bond donors (Lipinski definition) is 2. The first kappa shape index (κ1) is 22.3. The van der Waals surface area contributed by atoms with Gasteiger partial charge < -0.3 is 10.3 Å². The molecule has 1 amide bonds. The second-order valence-corrected chi connectivity index (χ2v) is 8.95. The Morgan fingerprint density at radius 1 is 1.19 bits per heavy atom. The molecule has 0 spiro atoms. The number of carbonyl (C=O) groups excluding carboxylic acids is 1. The van der Waals surface area contributed by atoms with Gasteiger partial charge in [-0.2, -0.15) is 0 Å². The number of aromatic amines is 1. The Bertz CT molecular complexity index is 1130. The van der Waals surface area contributed by atoms with Gasteiger partial charge in [0.25, 0.3) is 5.56 Å². The predicted molar refractivity (Wildman–Crippen MR) is 129 cm³/mol. The smallest absolute Gasteiger partial charge is 0.256 e. The third kappa shape index (κ3) is 5.29. The third-order valence-electron chi connectivity index (χ3n) is 5.89. The second-order valence-electron chi connectivity index (χ2n) is 7.99. The first-order chi connectivity index (χ1) is 15.5. The molecule has 0 radical (unpaired) electrons. The number of amides is 1. The van der Waals surface area contributed by atoms with Crippen molar-refractivity contribution in [3.63, 3.8) is 0 Å². The molecular formula is C25H28N4O2S. The topological polar surface area (TPSA) is 78.1 Å². The Hall–Kier alpha value is -2.90. The Balaban J connectivity index is 1.37. The summed E-state index contributed by atoms with van der Waals surface area (Å²) in [5.41, 5.74) is 4.69. The van der Waals surface area contributed by atoms with Crippen molar-refractivity contribution in [2.75, 3.05) is 17.6 Å². The standard InChI is InChI=1S/C25H28N4O2S/c1-3-18-9-11-20(12-10-18)26-23(30)16-32-25-27-22-13-14-29(15-21(22)24(31)28-25)17(2)19-7-5-4-6-8-19/h4-12,17H,3,13-16H2,1-2H3,(H,26,30)(H,27,28,31)/t17-/m1/s1. The molecule has 0 unspecified atom stereocenters. The van der Waals surface area contributed by atoms with Gasteiger partial charge in [-0.3, -0.25) is 14.5 Å². The molecule has 6 nitrogen and oxygen atoms in total. The summed E-state index contributed by atoms with van der Waals surface area (Å²) in [4.78, 5) is 34.9. The molecule has 4 rings (SSSR count). The number of rotatable bonds is 7. The van der Waals surface area contributed by atoms with Crippen LogP contribution in [0.25, 0.3) is 0 Å². The number of aryl methyl sites for hydroxylation is 1. The van der Waals surface area contributed by atoms with Crippen LogP contribution in [0, 0.1) is 0 Å². The van der Waals surface area contributed by atoms with Crippen LogP contribution < -0.4 is 10.9 Å². The first-order valence-corrected chi connectivity index (χ1v) is 11.9. The van der Waals surface area contributed by atoms with E-state index < -0.39 is 0 Å². The summed E-state index contributed by atoms with van der Waals surface area (Å²) >= 11 is 1.25. The van der Waals surface area contributed by atoms with Crippen molar-refractivity contribution in [2.24, 2.45) is 0 Å². The zero-order valence-corrected chi connectivity index (χ0v) is 19.2. The molecule has 7 heteroatoms. The molecule has 1 atom stereocenters. The van der Waals surface area contributed by atoms with E-state index in [1.165, 1.54) is 22.9 Å². The van der Waals surface area contributed by atoms with Crippen LogP contribution in [0.5, 0.6) is 0 Å². The molecule has 0 bridgehead atoms. The van der Waals surface area contributed by atoms with E-state index in [9.17, 15) is 9.59 Å². The van der Waals surface area contributed by atoms with Gasteiger partial charge in [0.05, 0.1) is 17.0 Å². The number of nitrogens with zero attached hydrogens (tertiary/aromatic N) is 2. The summed E-state index contributed by atoms with van der Waals surface area (Å²) in [5.74, 6) is 0.0662. The van der Waals surface area contributed by atoms with Gasteiger partial charge in [0.15, 0.2) is 5.16 Å². The molecule has 2 aromatic carbocycles. The number of H-pyrrole nitrogens is 1. The molecule has 0 saturated carbocycles. The van der Waals surface area contributed by atoms with Crippen LogP contribution in [0.15, 0.2) is 64.5 Å². The molecule has 2 N–H and O–H groups in total. The lowest BCUT2D eigenvalue weighted by molar-refractivity contribution is -0.113. The summed E-state index contributed by atoms with van der Waals surface area (Å²) in [5, 5.41) is 3.38. The molecule has 2 heterocycles. The van der Waals surface area contributed by atoms with E-state index in [0.29, 0.717) is 11.7 Å². The van der Waals surface area contributed by atoms with E-state index in [0.717, 1.165) is 36.3 Å². The number of aromatic nitrogens is 2. The lowest BCUT2D eigenvalue weighted by Gasteiger charge is -2.33. The van der Waals surface area contributed by atoms with Crippen molar-refractivity contribution in [1.29, 1.82) is 0 Å². The van der Waals surface area contributed by atoms with Gasteiger partial charge in [0.2, 0.25) is 5.91 Å². The maximum absolute atomic E-state index is 12.7. The van der Waals surface area contributed by atoms with Crippen molar-refractivity contribution < 1.29 is 4.79 Å². The minimum absolute atomic E-state index is 0.113. The summed E-state index contributed by atoms with van der Waals surface area (Å²) in [6, 6.07) is 18.4. The molecular weight excluding hydrogens is 420 g/mol. The number of nitrogens with one attached hydrogen (secondary N) is 2. The lowest BCUT2D eigenvalue weighted by Crippen LogP contribution is -2.37. The Kier molecular flexibility index (Phi) is 7.07. The molecule has 0 fully saturated rings. The van der Waals surface area contributed by atoms with Gasteiger partial charge >= 0.3 is 0 Å². The molecule has 0 saturated heterocycles. The number of fused-ring (bicyclic) bond motifs is 1. The Morgan fingerprint density at radius 2 is 1.94 bits per heavy atom. The molecule has 1 aromatic heterocycles. The first-order valence-electron chi connectivity index (χ1n) is 11.0. The number of benzene rings is 2.